The summed E-state index contributed by atoms with van der Waals surface area (Å²) < 4.78 is 0. The van der Waals surface area contributed by atoms with Gasteiger partial charge >= 0.3 is 0 Å². The van der Waals surface area contributed by atoms with Gasteiger partial charge in [0.1, 0.15) is 0 Å². The number of aryl methyl sites for hydroxylation is 3. The van der Waals surface area contributed by atoms with Crippen LogP contribution in [0.5, 0.6) is 0 Å². The highest BCUT2D eigenvalue weighted by Gasteiger charge is 2.45. The summed E-state index contributed by atoms with van der Waals surface area (Å²) in [6.07, 6.45) is 12.7. The maximum absolute atomic E-state index is 2.84. The van der Waals surface area contributed by atoms with Crippen LogP contribution in [0.4, 0.5) is 5.69 Å². The normalized spacial score (nSPS) is 21.3. The molecule has 0 N–H and O–H groups in total. The molecule has 3 atom stereocenters. The van der Waals surface area contributed by atoms with E-state index < -0.39 is 0 Å². The van der Waals surface area contributed by atoms with Gasteiger partial charge in [0.25, 0.3) is 0 Å². The Morgan fingerprint density at radius 1 is 0.921 bits per heavy atom. The first-order chi connectivity index (χ1) is 18.5. The lowest BCUT2D eigenvalue weighted by atomic mass is 9.75. The summed E-state index contributed by atoms with van der Waals surface area (Å²) in [5, 5.41) is 0. The minimum absolute atomic E-state index is 0.362. The van der Waals surface area contributed by atoms with E-state index in [9.17, 15) is 0 Å². The van der Waals surface area contributed by atoms with E-state index >= 15 is 0 Å². The summed E-state index contributed by atoms with van der Waals surface area (Å²) in [6, 6.07) is 22.5. The van der Waals surface area contributed by atoms with Crippen molar-refractivity contribution in [2.45, 2.75) is 104 Å². The Morgan fingerprint density at radius 2 is 1.71 bits per heavy atom. The maximum atomic E-state index is 2.84. The molecule has 0 bridgehead atoms. The Bertz CT molecular complexity index is 1340. The molecular weight excluding hydrogens is 458 g/mol. The highest BCUT2D eigenvalue weighted by atomic mass is 15.2. The predicted molar refractivity (Wildman–Crippen MR) is 164 cm³/mol. The average Bonchev–Trinajstić information content (AvgIpc) is 3.34. The molecule has 1 heteroatoms. The van der Waals surface area contributed by atoms with Crippen LogP contribution in [-0.2, 0) is 12.8 Å². The molecule has 2 aliphatic heterocycles. The van der Waals surface area contributed by atoms with E-state index in [0.29, 0.717) is 23.9 Å². The van der Waals surface area contributed by atoms with Crippen molar-refractivity contribution < 1.29 is 0 Å². The fourth-order valence-corrected chi connectivity index (χ4v) is 7.65. The van der Waals surface area contributed by atoms with Crippen molar-refractivity contribution >= 4 is 11.3 Å². The summed E-state index contributed by atoms with van der Waals surface area (Å²) in [5.74, 6) is 1.30. The average molecular weight is 504 g/mol. The molecule has 198 valence electrons. The zero-order chi connectivity index (χ0) is 26.4. The Labute approximate surface area is 231 Å². The van der Waals surface area contributed by atoms with Crippen LogP contribution >= 0.6 is 0 Å². The molecule has 0 spiro atoms. The summed E-state index contributed by atoms with van der Waals surface area (Å²) in [6.45, 7) is 11.6. The van der Waals surface area contributed by atoms with E-state index in [1.165, 1.54) is 72.9 Å². The highest BCUT2D eigenvalue weighted by Crippen LogP contribution is 2.55. The molecule has 0 radical (unpaired) electrons. The first-order valence-electron chi connectivity index (χ1n) is 15.3. The lowest BCUT2D eigenvalue weighted by Gasteiger charge is -2.50. The van der Waals surface area contributed by atoms with Crippen LogP contribution in [-0.4, -0.2) is 6.04 Å². The van der Waals surface area contributed by atoms with Gasteiger partial charge in [-0.25, -0.2) is 0 Å². The Morgan fingerprint density at radius 3 is 2.45 bits per heavy atom. The minimum atomic E-state index is 0.362. The van der Waals surface area contributed by atoms with Gasteiger partial charge in [-0.05, 0) is 102 Å². The summed E-state index contributed by atoms with van der Waals surface area (Å²) in [7, 11) is 0. The molecule has 6 rings (SSSR count). The zero-order valence-corrected chi connectivity index (χ0v) is 24.2. The quantitative estimate of drug-likeness (QED) is 0.276. The SMILES string of the molecule is CCCCCc1cc2c3c(c1)C1C=C(CC(C)C)c4cc(-c5ccc(C)cc5)ccc4N1C(CC)C3CC2. The van der Waals surface area contributed by atoms with Crippen LogP contribution in [0, 0.1) is 12.8 Å². The molecular formula is C37H45N. The lowest BCUT2D eigenvalue weighted by molar-refractivity contribution is 0.425. The van der Waals surface area contributed by atoms with E-state index in [-0.39, 0.29) is 0 Å². The number of nitrogens with zero attached hydrogens (tertiary/aromatic N) is 1. The topological polar surface area (TPSA) is 3.24 Å². The second kappa shape index (κ2) is 10.4. The second-order valence-corrected chi connectivity index (χ2v) is 12.6. The van der Waals surface area contributed by atoms with E-state index in [0.717, 1.165) is 6.42 Å². The van der Waals surface area contributed by atoms with Gasteiger partial charge in [0, 0.05) is 23.2 Å². The number of hydrogen-bond acceptors (Lipinski definition) is 1. The molecule has 0 amide bonds. The summed E-state index contributed by atoms with van der Waals surface area (Å²) in [5.41, 5.74) is 15.0. The minimum Gasteiger partial charge on any atom is -0.357 e. The smallest absolute Gasteiger partial charge is 0.0739 e. The number of benzene rings is 3. The van der Waals surface area contributed by atoms with Gasteiger partial charge in [-0.2, -0.15) is 0 Å². The number of fused-ring (bicyclic) bond motifs is 4. The van der Waals surface area contributed by atoms with Crippen molar-refractivity contribution in [3.05, 3.63) is 94.1 Å². The number of hydrogen-bond donors (Lipinski definition) is 0. The van der Waals surface area contributed by atoms with Crippen molar-refractivity contribution in [2.24, 2.45) is 5.92 Å². The van der Waals surface area contributed by atoms with E-state index in [1.54, 1.807) is 27.8 Å². The number of unbranched alkanes of at least 4 members (excludes halogenated alkanes) is 2. The summed E-state index contributed by atoms with van der Waals surface area (Å²) in [4.78, 5) is 2.84. The molecule has 0 fully saturated rings. The predicted octanol–water partition coefficient (Wildman–Crippen LogP) is 10.2. The summed E-state index contributed by atoms with van der Waals surface area (Å²) >= 11 is 0. The van der Waals surface area contributed by atoms with Gasteiger partial charge < -0.3 is 4.90 Å². The first-order valence-corrected chi connectivity index (χ1v) is 15.3. The van der Waals surface area contributed by atoms with Crippen molar-refractivity contribution in [1.29, 1.82) is 0 Å². The van der Waals surface area contributed by atoms with Gasteiger partial charge in [0.15, 0.2) is 0 Å². The fraction of sp³-hybridized carbons (Fsp3) is 0.459. The number of anilines is 1. The van der Waals surface area contributed by atoms with E-state index in [4.69, 9.17) is 0 Å². The molecule has 0 saturated heterocycles. The number of allylic oxidation sites excluding steroid dienone is 1. The molecule has 1 nitrogen and oxygen atoms in total. The maximum Gasteiger partial charge on any atom is 0.0739 e. The van der Waals surface area contributed by atoms with Crippen molar-refractivity contribution in [1.82, 2.24) is 0 Å². The zero-order valence-electron chi connectivity index (χ0n) is 24.2. The number of rotatable bonds is 8. The monoisotopic (exact) mass is 503 g/mol. The molecule has 3 unspecified atom stereocenters. The molecule has 3 aromatic carbocycles. The van der Waals surface area contributed by atoms with E-state index in [1.807, 2.05) is 0 Å². The van der Waals surface area contributed by atoms with E-state index in [2.05, 4.69) is 100 Å². The molecule has 3 aromatic rings. The van der Waals surface area contributed by atoms with Crippen LogP contribution in [0.1, 0.15) is 112 Å². The van der Waals surface area contributed by atoms with Crippen LogP contribution < -0.4 is 4.90 Å². The van der Waals surface area contributed by atoms with Crippen LogP contribution in [0.15, 0.2) is 60.7 Å². The Hall–Kier alpha value is -2.80. The lowest BCUT2D eigenvalue weighted by Crippen LogP contribution is -2.46. The fourth-order valence-electron chi connectivity index (χ4n) is 7.65. The molecule has 3 aliphatic rings. The van der Waals surface area contributed by atoms with Gasteiger partial charge in [-0.15, -0.1) is 0 Å². The Balaban J connectivity index is 1.49. The third-order valence-corrected chi connectivity index (χ3v) is 9.37. The van der Waals surface area contributed by atoms with Gasteiger partial charge in [-0.1, -0.05) is 94.6 Å². The second-order valence-electron chi connectivity index (χ2n) is 12.6. The molecule has 1 aliphatic carbocycles. The third-order valence-electron chi connectivity index (χ3n) is 9.37. The largest absolute Gasteiger partial charge is 0.357 e. The van der Waals surface area contributed by atoms with Gasteiger partial charge in [-0.3, -0.25) is 0 Å². The highest BCUT2D eigenvalue weighted by molar-refractivity contribution is 5.86. The van der Waals surface area contributed by atoms with Crippen molar-refractivity contribution in [3.8, 4) is 11.1 Å². The molecule has 38 heavy (non-hydrogen) atoms. The molecule has 0 saturated carbocycles. The van der Waals surface area contributed by atoms with Crippen LogP contribution in [0.3, 0.4) is 0 Å². The van der Waals surface area contributed by atoms with Crippen LogP contribution in [0.2, 0.25) is 0 Å². The van der Waals surface area contributed by atoms with Crippen LogP contribution in [0.25, 0.3) is 16.7 Å². The van der Waals surface area contributed by atoms with Gasteiger partial charge in [0.2, 0.25) is 0 Å². The third kappa shape index (κ3) is 4.42. The van der Waals surface area contributed by atoms with Crippen molar-refractivity contribution in [2.75, 3.05) is 4.90 Å². The Kier molecular flexibility index (Phi) is 6.97. The molecule has 2 heterocycles. The standard InChI is InChI=1S/C37H45N/c1-6-8-9-10-26-20-29-15-17-31-34(7-2)38-35-18-16-28(27-13-11-25(5)12-14-27)22-32(35)30(19-24(3)4)23-36(38)33(21-26)37(29)31/h11-14,16,18,20-24,31,34,36H,6-10,15,17,19H2,1-5H3. The van der Waals surface area contributed by atoms with Gasteiger partial charge in [0.05, 0.1) is 6.04 Å². The van der Waals surface area contributed by atoms with Crippen molar-refractivity contribution in [3.63, 3.8) is 0 Å². The first kappa shape index (κ1) is 25.5. The molecule has 0 aromatic heterocycles.